The van der Waals surface area contributed by atoms with Crippen LogP contribution in [0.3, 0.4) is 0 Å². The highest BCUT2D eigenvalue weighted by molar-refractivity contribution is 5.90. The van der Waals surface area contributed by atoms with Crippen molar-refractivity contribution in [2.45, 2.75) is 18.9 Å². The Hall–Kier alpha value is -2.34. The van der Waals surface area contributed by atoms with Gasteiger partial charge in [0.15, 0.2) is 0 Å². The van der Waals surface area contributed by atoms with Gasteiger partial charge in [-0.3, -0.25) is 0 Å². The molecule has 0 bridgehead atoms. The molecule has 21 heavy (non-hydrogen) atoms. The standard InChI is InChI=1S/C15H19N3O3/c16-12-2-1-9-18(10-12)15(21)17-13-6-3-11(4-7-13)5-8-14(19)20/h3-8,12H,1-2,9-10,16H2,(H,17,21)(H,19,20). The van der Waals surface area contributed by atoms with Crippen LogP contribution in [0.2, 0.25) is 0 Å². The number of hydrogen-bond donors (Lipinski definition) is 3. The van der Waals surface area contributed by atoms with Gasteiger partial charge >= 0.3 is 12.0 Å². The Balaban J connectivity index is 1.93. The molecule has 1 heterocycles. The van der Waals surface area contributed by atoms with Crippen molar-refractivity contribution in [1.29, 1.82) is 0 Å². The van der Waals surface area contributed by atoms with Crippen molar-refractivity contribution >= 4 is 23.8 Å². The predicted octanol–water partition coefficient (Wildman–Crippen LogP) is 1.74. The third-order valence-electron chi connectivity index (χ3n) is 3.33. The summed E-state index contributed by atoms with van der Waals surface area (Å²) in [6.07, 6.45) is 4.45. The fraction of sp³-hybridized carbons (Fsp3) is 0.333. The van der Waals surface area contributed by atoms with Gasteiger partial charge in [-0.25, -0.2) is 9.59 Å². The summed E-state index contributed by atoms with van der Waals surface area (Å²) in [4.78, 5) is 24.2. The van der Waals surface area contributed by atoms with E-state index in [-0.39, 0.29) is 12.1 Å². The van der Waals surface area contributed by atoms with Gasteiger partial charge in [-0.1, -0.05) is 12.1 Å². The molecule has 2 rings (SSSR count). The number of hydrogen-bond acceptors (Lipinski definition) is 3. The molecule has 0 spiro atoms. The first-order valence-electron chi connectivity index (χ1n) is 6.87. The zero-order valence-corrected chi connectivity index (χ0v) is 11.7. The lowest BCUT2D eigenvalue weighted by Crippen LogP contribution is -2.47. The number of piperidine rings is 1. The number of nitrogens with one attached hydrogen (secondary N) is 1. The molecule has 1 aromatic carbocycles. The van der Waals surface area contributed by atoms with E-state index < -0.39 is 5.97 Å². The number of aliphatic carboxylic acids is 1. The summed E-state index contributed by atoms with van der Waals surface area (Å²) in [5.74, 6) is -0.992. The minimum Gasteiger partial charge on any atom is -0.478 e. The summed E-state index contributed by atoms with van der Waals surface area (Å²) in [7, 11) is 0. The lowest BCUT2D eigenvalue weighted by atomic mass is 10.1. The number of carbonyl (C=O) groups excluding carboxylic acids is 1. The quantitative estimate of drug-likeness (QED) is 0.738. The van der Waals surface area contributed by atoms with Crippen LogP contribution in [0, 0.1) is 0 Å². The van der Waals surface area contributed by atoms with Crippen molar-refractivity contribution in [2.24, 2.45) is 5.73 Å². The first kappa shape index (κ1) is 15.1. The first-order valence-corrected chi connectivity index (χ1v) is 6.87. The molecule has 1 aliphatic rings. The summed E-state index contributed by atoms with van der Waals surface area (Å²) in [5.41, 5.74) is 7.29. The molecule has 4 N–H and O–H groups in total. The van der Waals surface area contributed by atoms with E-state index in [9.17, 15) is 9.59 Å². The minimum absolute atomic E-state index is 0.0491. The Bertz CT molecular complexity index is 540. The van der Waals surface area contributed by atoms with Crippen LogP contribution in [-0.4, -0.2) is 41.1 Å². The smallest absolute Gasteiger partial charge is 0.328 e. The van der Waals surface area contributed by atoms with E-state index in [0.29, 0.717) is 12.2 Å². The molecule has 6 heteroatoms. The molecule has 0 aromatic heterocycles. The minimum atomic E-state index is -0.992. The van der Waals surface area contributed by atoms with E-state index in [4.69, 9.17) is 10.8 Å². The number of nitrogens with two attached hydrogens (primary N) is 1. The van der Waals surface area contributed by atoms with Crippen LogP contribution in [0.5, 0.6) is 0 Å². The maximum absolute atomic E-state index is 12.1. The number of benzene rings is 1. The van der Waals surface area contributed by atoms with E-state index in [2.05, 4.69) is 5.32 Å². The van der Waals surface area contributed by atoms with Crippen LogP contribution in [0.4, 0.5) is 10.5 Å². The van der Waals surface area contributed by atoms with Crippen molar-refractivity contribution in [2.75, 3.05) is 18.4 Å². The second-order valence-corrected chi connectivity index (χ2v) is 5.07. The number of urea groups is 1. The van der Waals surface area contributed by atoms with E-state index >= 15 is 0 Å². The van der Waals surface area contributed by atoms with Gasteiger partial charge in [-0.05, 0) is 36.6 Å². The number of carbonyl (C=O) groups is 2. The van der Waals surface area contributed by atoms with Crippen LogP contribution < -0.4 is 11.1 Å². The number of nitrogens with zero attached hydrogens (tertiary/aromatic N) is 1. The van der Waals surface area contributed by atoms with Gasteiger partial charge in [0.2, 0.25) is 0 Å². The molecule has 112 valence electrons. The van der Waals surface area contributed by atoms with Crippen molar-refractivity contribution < 1.29 is 14.7 Å². The summed E-state index contributed by atoms with van der Waals surface area (Å²) in [5, 5.41) is 11.4. The van der Waals surface area contributed by atoms with E-state index in [1.165, 1.54) is 6.08 Å². The molecule has 0 aliphatic carbocycles. The van der Waals surface area contributed by atoms with Crippen molar-refractivity contribution in [3.8, 4) is 0 Å². The fourth-order valence-corrected chi connectivity index (χ4v) is 2.24. The SMILES string of the molecule is NC1CCCN(C(=O)Nc2ccc(C=CC(=O)O)cc2)C1. The first-order chi connectivity index (χ1) is 10.0. The third-order valence-corrected chi connectivity index (χ3v) is 3.33. The predicted molar refractivity (Wildman–Crippen MR) is 80.9 cm³/mol. The van der Waals surface area contributed by atoms with E-state index in [1.807, 2.05) is 0 Å². The maximum atomic E-state index is 12.1. The molecule has 1 aliphatic heterocycles. The van der Waals surface area contributed by atoms with Crippen LogP contribution in [-0.2, 0) is 4.79 Å². The Morgan fingerprint density at radius 2 is 2.05 bits per heavy atom. The monoisotopic (exact) mass is 289 g/mol. The Morgan fingerprint density at radius 1 is 1.33 bits per heavy atom. The molecule has 0 saturated carbocycles. The van der Waals surface area contributed by atoms with Gasteiger partial charge in [-0.2, -0.15) is 0 Å². The van der Waals surface area contributed by atoms with Crippen molar-refractivity contribution in [3.05, 3.63) is 35.9 Å². The van der Waals surface area contributed by atoms with Gasteiger partial charge in [-0.15, -0.1) is 0 Å². The van der Waals surface area contributed by atoms with Gasteiger partial charge in [0.25, 0.3) is 0 Å². The lowest BCUT2D eigenvalue weighted by molar-refractivity contribution is -0.131. The van der Waals surface area contributed by atoms with Crippen molar-refractivity contribution in [1.82, 2.24) is 4.90 Å². The molecule has 1 fully saturated rings. The Kier molecular flexibility index (Phi) is 4.94. The topological polar surface area (TPSA) is 95.7 Å². The molecule has 1 unspecified atom stereocenters. The highest BCUT2D eigenvalue weighted by Crippen LogP contribution is 2.14. The van der Waals surface area contributed by atoms with E-state index in [1.54, 1.807) is 29.2 Å². The Morgan fingerprint density at radius 3 is 2.67 bits per heavy atom. The number of anilines is 1. The summed E-state index contributed by atoms with van der Waals surface area (Å²) < 4.78 is 0. The fourth-order valence-electron chi connectivity index (χ4n) is 2.24. The van der Waals surface area contributed by atoms with Crippen LogP contribution >= 0.6 is 0 Å². The lowest BCUT2D eigenvalue weighted by Gasteiger charge is -2.30. The van der Waals surface area contributed by atoms with Gasteiger partial charge in [0.1, 0.15) is 0 Å². The normalized spacial score (nSPS) is 18.7. The highest BCUT2D eigenvalue weighted by Gasteiger charge is 2.20. The summed E-state index contributed by atoms with van der Waals surface area (Å²) in [6.45, 7) is 1.30. The molecule has 1 aromatic rings. The largest absolute Gasteiger partial charge is 0.478 e. The third kappa shape index (κ3) is 4.61. The maximum Gasteiger partial charge on any atom is 0.328 e. The van der Waals surface area contributed by atoms with Crippen LogP contribution in [0.25, 0.3) is 6.08 Å². The number of likely N-dealkylation sites (tertiary alicyclic amines) is 1. The van der Waals surface area contributed by atoms with E-state index in [0.717, 1.165) is 31.0 Å². The second-order valence-electron chi connectivity index (χ2n) is 5.07. The molecular formula is C15H19N3O3. The van der Waals surface area contributed by atoms with Crippen molar-refractivity contribution in [3.63, 3.8) is 0 Å². The Labute approximate surface area is 123 Å². The second kappa shape index (κ2) is 6.90. The van der Waals surface area contributed by atoms with Gasteiger partial charge in [0, 0.05) is 30.9 Å². The number of carboxylic acid groups (broad SMARTS) is 1. The number of carboxylic acids is 1. The zero-order chi connectivity index (χ0) is 15.2. The molecule has 0 radical (unpaired) electrons. The molecule has 1 atom stereocenters. The average molecular weight is 289 g/mol. The zero-order valence-electron chi connectivity index (χ0n) is 11.7. The molecule has 1 saturated heterocycles. The number of rotatable bonds is 3. The van der Waals surface area contributed by atoms with Crippen LogP contribution in [0.15, 0.2) is 30.3 Å². The summed E-state index contributed by atoms with van der Waals surface area (Å²) >= 11 is 0. The van der Waals surface area contributed by atoms with Gasteiger partial charge < -0.3 is 21.1 Å². The van der Waals surface area contributed by atoms with Gasteiger partial charge in [0.05, 0.1) is 0 Å². The molecule has 6 nitrogen and oxygen atoms in total. The van der Waals surface area contributed by atoms with Crippen LogP contribution in [0.1, 0.15) is 18.4 Å². The molecule has 2 amide bonds. The molecular weight excluding hydrogens is 270 g/mol. The average Bonchev–Trinajstić information content (AvgIpc) is 2.46. The summed E-state index contributed by atoms with van der Waals surface area (Å²) in [6, 6.07) is 6.87. The highest BCUT2D eigenvalue weighted by atomic mass is 16.4. The number of amides is 2.